The van der Waals surface area contributed by atoms with Crippen molar-refractivity contribution in [2.45, 2.75) is 26.8 Å². The van der Waals surface area contributed by atoms with Gasteiger partial charge >= 0.3 is 0 Å². The number of fused-ring (bicyclic) bond motifs is 1. The van der Waals surface area contributed by atoms with Crippen LogP contribution in [0.25, 0.3) is 10.2 Å². The van der Waals surface area contributed by atoms with Crippen molar-refractivity contribution < 1.29 is 9.18 Å². The minimum absolute atomic E-state index is 0.233. The molecule has 5 nitrogen and oxygen atoms in total. The summed E-state index contributed by atoms with van der Waals surface area (Å²) in [6, 6.07) is 4.72. The number of rotatable bonds is 3. The molecule has 0 saturated carbocycles. The topological polar surface area (TPSA) is 64.0 Å². The van der Waals surface area contributed by atoms with Crippen molar-refractivity contribution in [3.05, 3.63) is 57.2 Å². The van der Waals surface area contributed by atoms with Crippen LogP contribution in [0.5, 0.6) is 0 Å². The summed E-state index contributed by atoms with van der Waals surface area (Å²) < 4.78 is 14.2. The third kappa shape index (κ3) is 2.82. The summed E-state index contributed by atoms with van der Waals surface area (Å²) in [6.45, 7) is 5.45. The molecule has 2 heterocycles. The van der Waals surface area contributed by atoms with E-state index in [9.17, 15) is 14.0 Å². The molecule has 0 fully saturated rings. The lowest BCUT2D eigenvalue weighted by Crippen LogP contribution is -2.31. The van der Waals surface area contributed by atoms with Crippen molar-refractivity contribution in [1.82, 2.24) is 9.55 Å². The van der Waals surface area contributed by atoms with Gasteiger partial charge in [0.05, 0.1) is 11.7 Å². The predicted molar refractivity (Wildman–Crippen MR) is 93.1 cm³/mol. The van der Waals surface area contributed by atoms with Crippen LogP contribution in [0.15, 0.2) is 35.4 Å². The van der Waals surface area contributed by atoms with E-state index in [0.29, 0.717) is 15.9 Å². The smallest absolute Gasteiger partial charge is 0.263 e. The molecule has 1 atom stereocenters. The van der Waals surface area contributed by atoms with Gasteiger partial charge < -0.3 is 5.32 Å². The van der Waals surface area contributed by atoms with Crippen molar-refractivity contribution >= 4 is 33.1 Å². The van der Waals surface area contributed by atoms with E-state index < -0.39 is 6.04 Å². The number of aromatic nitrogens is 2. The summed E-state index contributed by atoms with van der Waals surface area (Å²) in [7, 11) is 0. The molecular formula is C17H16FN3O2S. The first-order chi connectivity index (χ1) is 11.4. The molecule has 2 aromatic heterocycles. The van der Waals surface area contributed by atoms with Crippen LogP contribution < -0.4 is 10.9 Å². The summed E-state index contributed by atoms with van der Waals surface area (Å²) >= 11 is 1.47. The largest absolute Gasteiger partial charge is 0.324 e. The first-order valence-electron chi connectivity index (χ1n) is 7.41. The van der Waals surface area contributed by atoms with Gasteiger partial charge in [0.2, 0.25) is 5.91 Å². The maximum absolute atomic E-state index is 12.9. The SMILES string of the molecule is Cc1sc2ncn(C(C)C(=O)Nc3ccc(F)cc3)c(=O)c2c1C. The molecule has 0 saturated heterocycles. The maximum Gasteiger partial charge on any atom is 0.263 e. The van der Waals surface area contributed by atoms with Crippen LogP contribution in [0.3, 0.4) is 0 Å². The van der Waals surface area contributed by atoms with Crippen LogP contribution in [0.1, 0.15) is 23.4 Å². The molecule has 0 bridgehead atoms. The van der Waals surface area contributed by atoms with E-state index >= 15 is 0 Å². The molecule has 124 valence electrons. The molecule has 0 spiro atoms. The molecule has 3 aromatic rings. The number of amides is 1. The molecule has 3 rings (SSSR count). The van der Waals surface area contributed by atoms with Gasteiger partial charge in [0.1, 0.15) is 16.7 Å². The lowest BCUT2D eigenvalue weighted by atomic mass is 10.2. The molecule has 7 heteroatoms. The van der Waals surface area contributed by atoms with Crippen molar-refractivity contribution in [3.63, 3.8) is 0 Å². The number of nitrogens with zero attached hydrogens (tertiary/aromatic N) is 2. The van der Waals surface area contributed by atoms with Gasteiger partial charge in [-0.2, -0.15) is 0 Å². The number of nitrogens with one attached hydrogen (secondary N) is 1. The molecule has 1 amide bonds. The van der Waals surface area contributed by atoms with Crippen LogP contribution in [0, 0.1) is 19.7 Å². The van der Waals surface area contributed by atoms with Gasteiger partial charge in [0.15, 0.2) is 0 Å². The van der Waals surface area contributed by atoms with Crippen LogP contribution in [0.4, 0.5) is 10.1 Å². The molecule has 1 unspecified atom stereocenters. The number of carbonyl (C=O) groups is 1. The first kappa shape index (κ1) is 16.3. The zero-order valence-electron chi connectivity index (χ0n) is 13.5. The average Bonchev–Trinajstić information content (AvgIpc) is 2.85. The number of anilines is 1. The highest BCUT2D eigenvalue weighted by Crippen LogP contribution is 2.26. The van der Waals surface area contributed by atoms with E-state index in [4.69, 9.17) is 0 Å². The highest BCUT2D eigenvalue weighted by Gasteiger charge is 2.20. The van der Waals surface area contributed by atoms with Crippen LogP contribution in [0.2, 0.25) is 0 Å². The standard InChI is InChI=1S/C17H16FN3O2S/c1-9-11(3)24-16-14(9)17(23)21(8-19-16)10(2)15(22)20-13-6-4-12(18)5-7-13/h4-8,10H,1-3H3,(H,20,22). The Morgan fingerprint density at radius 3 is 2.62 bits per heavy atom. The van der Waals surface area contributed by atoms with Crippen LogP contribution in [-0.4, -0.2) is 15.5 Å². The van der Waals surface area contributed by atoms with Gasteiger partial charge in [-0.05, 0) is 50.6 Å². The summed E-state index contributed by atoms with van der Waals surface area (Å²) in [5.74, 6) is -0.746. The van der Waals surface area contributed by atoms with E-state index in [1.807, 2.05) is 13.8 Å². The van der Waals surface area contributed by atoms with Crippen LogP contribution in [-0.2, 0) is 4.79 Å². The monoisotopic (exact) mass is 345 g/mol. The van der Waals surface area contributed by atoms with Crippen molar-refractivity contribution in [1.29, 1.82) is 0 Å². The highest BCUT2D eigenvalue weighted by atomic mass is 32.1. The number of carbonyl (C=O) groups excluding carboxylic acids is 1. The number of hydrogen-bond donors (Lipinski definition) is 1. The second kappa shape index (κ2) is 6.16. The van der Waals surface area contributed by atoms with Gasteiger partial charge in [-0.15, -0.1) is 11.3 Å². The number of benzene rings is 1. The van der Waals surface area contributed by atoms with Gasteiger partial charge in [-0.3, -0.25) is 14.2 Å². The van der Waals surface area contributed by atoms with Crippen molar-refractivity contribution in [3.8, 4) is 0 Å². The number of aryl methyl sites for hydroxylation is 2. The predicted octanol–water partition coefficient (Wildman–Crippen LogP) is 3.41. The van der Waals surface area contributed by atoms with Gasteiger partial charge in [-0.1, -0.05) is 0 Å². The molecular weight excluding hydrogens is 329 g/mol. The Hall–Kier alpha value is -2.54. The lowest BCUT2D eigenvalue weighted by molar-refractivity contribution is -0.118. The normalized spacial score (nSPS) is 12.3. The molecule has 1 N–H and O–H groups in total. The Balaban J connectivity index is 1.93. The van der Waals surface area contributed by atoms with E-state index in [2.05, 4.69) is 10.3 Å². The molecule has 0 radical (unpaired) electrons. The number of thiophene rings is 1. The second-order valence-corrected chi connectivity index (χ2v) is 6.80. The lowest BCUT2D eigenvalue weighted by Gasteiger charge is -2.15. The fraction of sp³-hybridized carbons (Fsp3) is 0.235. The Bertz CT molecular complexity index is 976. The first-order valence-corrected chi connectivity index (χ1v) is 8.23. The van der Waals surface area contributed by atoms with E-state index in [0.717, 1.165) is 10.4 Å². The summed E-state index contributed by atoms with van der Waals surface area (Å²) in [5, 5.41) is 3.23. The molecule has 0 aliphatic rings. The third-order valence-electron chi connectivity index (χ3n) is 4.02. The summed E-state index contributed by atoms with van der Waals surface area (Å²) in [5.41, 5.74) is 1.13. The van der Waals surface area contributed by atoms with Crippen molar-refractivity contribution in [2.24, 2.45) is 0 Å². The second-order valence-electron chi connectivity index (χ2n) is 5.59. The van der Waals surface area contributed by atoms with Gasteiger partial charge in [0, 0.05) is 10.6 Å². The van der Waals surface area contributed by atoms with Crippen LogP contribution >= 0.6 is 11.3 Å². The van der Waals surface area contributed by atoms with Gasteiger partial charge in [-0.25, -0.2) is 9.37 Å². The Morgan fingerprint density at radius 2 is 1.96 bits per heavy atom. The number of halogens is 1. The van der Waals surface area contributed by atoms with E-state index in [1.54, 1.807) is 6.92 Å². The molecule has 0 aliphatic carbocycles. The van der Waals surface area contributed by atoms with E-state index in [-0.39, 0.29) is 17.3 Å². The minimum atomic E-state index is -0.737. The molecule has 24 heavy (non-hydrogen) atoms. The molecule has 1 aromatic carbocycles. The highest BCUT2D eigenvalue weighted by molar-refractivity contribution is 7.18. The fourth-order valence-electron chi connectivity index (χ4n) is 2.43. The summed E-state index contributed by atoms with van der Waals surface area (Å²) in [6.07, 6.45) is 1.40. The Labute approximate surface area is 141 Å². The third-order valence-corrected chi connectivity index (χ3v) is 5.14. The zero-order valence-corrected chi connectivity index (χ0v) is 14.3. The van der Waals surface area contributed by atoms with Crippen molar-refractivity contribution in [2.75, 3.05) is 5.32 Å². The van der Waals surface area contributed by atoms with Gasteiger partial charge in [0.25, 0.3) is 5.56 Å². The maximum atomic E-state index is 12.9. The molecule has 0 aliphatic heterocycles. The minimum Gasteiger partial charge on any atom is -0.324 e. The summed E-state index contributed by atoms with van der Waals surface area (Å²) in [4.78, 5) is 31.1. The number of hydrogen-bond acceptors (Lipinski definition) is 4. The Morgan fingerprint density at radius 1 is 1.29 bits per heavy atom. The Kier molecular flexibility index (Phi) is 4.19. The average molecular weight is 345 g/mol. The zero-order chi connectivity index (χ0) is 17.4. The van der Waals surface area contributed by atoms with E-state index in [1.165, 1.54) is 46.5 Å². The fourth-order valence-corrected chi connectivity index (χ4v) is 3.42. The quantitative estimate of drug-likeness (QED) is 0.791.